The van der Waals surface area contributed by atoms with Crippen LogP contribution < -0.4 is 5.32 Å². The SMILES string of the molecule is O=C(c1cc(Nc2cccc(C(F)(F)F)c2)ncn1)N1CCCC1. The average molecular weight is 336 g/mol. The van der Waals surface area contributed by atoms with Crippen molar-refractivity contribution in [2.75, 3.05) is 18.4 Å². The van der Waals surface area contributed by atoms with Gasteiger partial charge in [0.2, 0.25) is 0 Å². The van der Waals surface area contributed by atoms with E-state index in [9.17, 15) is 18.0 Å². The van der Waals surface area contributed by atoms with Crippen LogP contribution in [0.25, 0.3) is 0 Å². The molecular weight excluding hydrogens is 321 g/mol. The van der Waals surface area contributed by atoms with E-state index in [1.807, 2.05) is 0 Å². The Hall–Kier alpha value is -2.64. The van der Waals surface area contributed by atoms with Crippen molar-refractivity contribution in [1.82, 2.24) is 14.9 Å². The summed E-state index contributed by atoms with van der Waals surface area (Å²) in [4.78, 5) is 21.9. The maximum Gasteiger partial charge on any atom is 0.416 e. The quantitative estimate of drug-likeness (QED) is 0.932. The number of halogens is 3. The first-order chi connectivity index (χ1) is 11.4. The molecule has 2 aromatic rings. The summed E-state index contributed by atoms with van der Waals surface area (Å²) in [7, 11) is 0. The number of carbonyl (C=O) groups is 1. The van der Waals surface area contributed by atoms with Crippen LogP contribution in [0.4, 0.5) is 24.7 Å². The van der Waals surface area contributed by atoms with Gasteiger partial charge in [0, 0.05) is 24.8 Å². The Morgan fingerprint density at radius 3 is 2.58 bits per heavy atom. The van der Waals surface area contributed by atoms with Gasteiger partial charge in [0.15, 0.2) is 0 Å². The van der Waals surface area contributed by atoms with Crippen LogP contribution in [0.15, 0.2) is 36.7 Å². The lowest BCUT2D eigenvalue weighted by Gasteiger charge is -2.15. The summed E-state index contributed by atoms with van der Waals surface area (Å²) < 4.78 is 38.2. The van der Waals surface area contributed by atoms with E-state index in [2.05, 4.69) is 15.3 Å². The van der Waals surface area contributed by atoms with Gasteiger partial charge in [-0.2, -0.15) is 13.2 Å². The minimum atomic E-state index is -4.42. The molecular formula is C16H15F3N4O. The fraction of sp³-hybridized carbons (Fsp3) is 0.312. The van der Waals surface area contributed by atoms with Crippen LogP contribution in [0, 0.1) is 0 Å². The van der Waals surface area contributed by atoms with Gasteiger partial charge in [-0.3, -0.25) is 4.79 Å². The largest absolute Gasteiger partial charge is 0.416 e. The zero-order chi connectivity index (χ0) is 17.2. The topological polar surface area (TPSA) is 58.1 Å². The van der Waals surface area contributed by atoms with E-state index in [4.69, 9.17) is 0 Å². The lowest BCUT2D eigenvalue weighted by atomic mass is 10.2. The Labute approximate surface area is 136 Å². The molecule has 3 rings (SSSR count). The summed E-state index contributed by atoms with van der Waals surface area (Å²) in [6.45, 7) is 1.39. The fourth-order valence-corrected chi connectivity index (χ4v) is 2.55. The first-order valence-electron chi connectivity index (χ1n) is 7.49. The number of hydrogen-bond donors (Lipinski definition) is 1. The molecule has 0 spiro atoms. The van der Waals surface area contributed by atoms with Gasteiger partial charge in [-0.1, -0.05) is 6.07 Å². The third kappa shape index (κ3) is 3.64. The number of anilines is 2. The van der Waals surface area contributed by atoms with E-state index in [0.29, 0.717) is 13.1 Å². The molecule has 1 aliphatic heterocycles. The Morgan fingerprint density at radius 1 is 1.12 bits per heavy atom. The van der Waals surface area contributed by atoms with Gasteiger partial charge in [0.1, 0.15) is 17.8 Å². The molecule has 24 heavy (non-hydrogen) atoms. The summed E-state index contributed by atoms with van der Waals surface area (Å²) in [6.07, 6.45) is -1.27. The van der Waals surface area contributed by atoms with Crippen LogP contribution in [0.1, 0.15) is 28.9 Å². The van der Waals surface area contributed by atoms with Crippen molar-refractivity contribution in [1.29, 1.82) is 0 Å². The zero-order valence-corrected chi connectivity index (χ0v) is 12.7. The van der Waals surface area contributed by atoms with Gasteiger partial charge in [0.05, 0.1) is 5.56 Å². The highest BCUT2D eigenvalue weighted by molar-refractivity contribution is 5.93. The second-order valence-corrected chi connectivity index (χ2v) is 5.49. The number of hydrogen-bond acceptors (Lipinski definition) is 4. The van der Waals surface area contributed by atoms with Gasteiger partial charge < -0.3 is 10.2 Å². The molecule has 1 amide bonds. The van der Waals surface area contributed by atoms with Gasteiger partial charge in [-0.25, -0.2) is 9.97 Å². The minimum absolute atomic E-state index is 0.193. The van der Waals surface area contributed by atoms with E-state index < -0.39 is 11.7 Å². The van der Waals surface area contributed by atoms with Gasteiger partial charge in [-0.15, -0.1) is 0 Å². The van der Waals surface area contributed by atoms with Crippen LogP contribution in [0.2, 0.25) is 0 Å². The van der Waals surface area contributed by atoms with E-state index in [0.717, 1.165) is 25.0 Å². The molecule has 1 aromatic heterocycles. The standard InChI is InChI=1S/C16H15F3N4O/c17-16(18,19)11-4-3-5-12(8-11)22-14-9-13(20-10-21-14)15(24)23-6-1-2-7-23/h3-5,8-10H,1-2,6-7H2,(H,20,21,22). The monoisotopic (exact) mass is 336 g/mol. The zero-order valence-electron chi connectivity index (χ0n) is 12.7. The molecule has 1 aromatic carbocycles. The average Bonchev–Trinajstić information content (AvgIpc) is 3.08. The van der Waals surface area contributed by atoms with E-state index >= 15 is 0 Å². The molecule has 0 saturated carbocycles. The maximum atomic E-state index is 12.7. The lowest BCUT2D eigenvalue weighted by Crippen LogP contribution is -2.28. The van der Waals surface area contributed by atoms with Crippen molar-refractivity contribution >= 4 is 17.4 Å². The Bertz CT molecular complexity index is 742. The number of aromatic nitrogens is 2. The smallest absolute Gasteiger partial charge is 0.340 e. The van der Waals surface area contributed by atoms with Crippen LogP contribution >= 0.6 is 0 Å². The number of likely N-dealkylation sites (tertiary alicyclic amines) is 1. The third-order valence-corrected chi connectivity index (χ3v) is 3.74. The number of nitrogens with zero attached hydrogens (tertiary/aromatic N) is 3. The minimum Gasteiger partial charge on any atom is -0.340 e. The second kappa shape index (κ2) is 6.46. The number of alkyl halides is 3. The number of benzene rings is 1. The van der Waals surface area contributed by atoms with E-state index in [1.165, 1.54) is 24.5 Å². The highest BCUT2D eigenvalue weighted by atomic mass is 19.4. The molecule has 0 radical (unpaired) electrons. The number of carbonyl (C=O) groups excluding carboxylic acids is 1. The fourth-order valence-electron chi connectivity index (χ4n) is 2.55. The first-order valence-corrected chi connectivity index (χ1v) is 7.49. The highest BCUT2D eigenvalue weighted by Crippen LogP contribution is 2.31. The molecule has 0 unspecified atom stereocenters. The van der Waals surface area contributed by atoms with Gasteiger partial charge >= 0.3 is 6.18 Å². The summed E-state index contributed by atoms with van der Waals surface area (Å²) in [5.41, 5.74) is -0.292. The van der Waals surface area contributed by atoms with E-state index in [-0.39, 0.29) is 23.1 Å². The van der Waals surface area contributed by atoms with E-state index in [1.54, 1.807) is 4.90 Å². The molecule has 0 atom stereocenters. The molecule has 0 aliphatic carbocycles. The molecule has 1 fully saturated rings. The number of rotatable bonds is 3. The highest BCUT2D eigenvalue weighted by Gasteiger charge is 2.30. The molecule has 5 nitrogen and oxygen atoms in total. The first kappa shape index (κ1) is 16.2. The molecule has 1 N–H and O–H groups in total. The second-order valence-electron chi connectivity index (χ2n) is 5.49. The summed E-state index contributed by atoms with van der Waals surface area (Å²) >= 11 is 0. The van der Waals surface area contributed by atoms with Crippen molar-refractivity contribution in [2.45, 2.75) is 19.0 Å². The lowest BCUT2D eigenvalue weighted by molar-refractivity contribution is -0.137. The van der Waals surface area contributed by atoms with Crippen molar-refractivity contribution in [3.05, 3.63) is 47.9 Å². The number of nitrogens with one attached hydrogen (secondary N) is 1. The Balaban J connectivity index is 1.78. The van der Waals surface area contributed by atoms with Gasteiger partial charge in [-0.05, 0) is 31.0 Å². The Morgan fingerprint density at radius 2 is 1.88 bits per heavy atom. The summed E-state index contributed by atoms with van der Waals surface area (Å²) in [5.74, 6) is 0.0777. The molecule has 0 bridgehead atoms. The Kier molecular flexibility index (Phi) is 4.37. The molecule has 8 heteroatoms. The third-order valence-electron chi connectivity index (χ3n) is 3.74. The molecule has 1 aliphatic rings. The van der Waals surface area contributed by atoms with Crippen molar-refractivity contribution in [2.24, 2.45) is 0 Å². The van der Waals surface area contributed by atoms with Crippen molar-refractivity contribution in [3.63, 3.8) is 0 Å². The summed E-state index contributed by atoms with van der Waals surface area (Å²) in [5, 5.41) is 2.78. The molecule has 2 heterocycles. The normalized spacial score (nSPS) is 14.7. The van der Waals surface area contributed by atoms with Gasteiger partial charge in [0.25, 0.3) is 5.91 Å². The predicted molar refractivity (Wildman–Crippen MR) is 81.9 cm³/mol. The summed E-state index contributed by atoms with van der Waals surface area (Å²) in [6, 6.07) is 6.24. The van der Waals surface area contributed by atoms with Crippen LogP contribution in [-0.2, 0) is 6.18 Å². The van der Waals surface area contributed by atoms with Crippen LogP contribution in [0.3, 0.4) is 0 Å². The predicted octanol–water partition coefficient (Wildman–Crippen LogP) is 3.48. The number of amides is 1. The van der Waals surface area contributed by atoms with Crippen molar-refractivity contribution < 1.29 is 18.0 Å². The maximum absolute atomic E-state index is 12.7. The molecule has 1 saturated heterocycles. The van der Waals surface area contributed by atoms with Crippen molar-refractivity contribution in [3.8, 4) is 0 Å². The van der Waals surface area contributed by atoms with Crippen LogP contribution in [-0.4, -0.2) is 33.9 Å². The van der Waals surface area contributed by atoms with Crippen LogP contribution in [0.5, 0.6) is 0 Å². The molecule has 126 valence electrons.